The number of piperidine rings is 1. The zero-order chi connectivity index (χ0) is 12.1. The Morgan fingerprint density at radius 1 is 1.47 bits per heavy atom. The lowest BCUT2D eigenvalue weighted by Crippen LogP contribution is -2.37. The quantitative estimate of drug-likeness (QED) is 0.741. The number of esters is 1. The van der Waals surface area contributed by atoms with Gasteiger partial charge in [-0.2, -0.15) is 0 Å². The second-order valence-electron chi connectivity index (χ2n) is 4.68. The van der Waals surface area contributed by atoms with Crippen molar-refractivity contribution in [3.8, 4) is 0 Å². The fourth-order valence-corrected chi connectivity index (χ4v) is 2.37. The van der Waals surface area contributed by atoms with Crippen molar-refractivity contribution in [3.05, 3.63) is 0 Å². The number of carbonyl (C=O) groups excluding carboxylic acids is 1. The van der Waals surface area contributed by atoms with Crippen LogP contribution in [0.1, 0.15) is 32.1 Å². The molecule has 5 nitrogen and oxygen atoms in total. The molecule has 98 valence electrons. The molecular weight excluding hydrogens is 222 g/mol. The smallest absolute Gasteiger partial charge is 0.308 e. The summed E-state index contributed by atoms with van der Waals surface area (Å²) in [5.41, 5.74) is 0. The van der Waals surface area contributed by atoms with Crippen LogP contribution in [0, 0.1) is 0 Å². The van der Waals surface area contributed by atoms with E-state index in [1.807, 2.05) is 0 Å². The Morgan fingerprint density at radius 3 is 3.06 bits per heavy atom. The van der Waals surface area contributed by atoms with Crippen molar-refractivity contribution < 1.29 is 19.0 Å². The maximum Gasteiger partial charge on any atom is 0.308 e. The Kier molecular flexibility index (Phi) is 4.76. The molecule has 2 fully saturated rings. The Balaban J connectivity index is 1.68. The monoisotopic (exact) mass is 243 g/mol. The summed E-state index contributed by atoms with van der Waals surface area (Å²) in [7, 11) is 1.39. The van der Waals surface area contributed by atoms with Crippen molar-refractivity contribution in [1.82, 2.24) is 5.32 Å². The minimum absolute atomic E-state index is 0.143. The molecule has 3 atom stereocenters. The molecule has 17 heavy (non-hydrogen) atoms. The zero-order valence-electron chi connectivity index (χ0n) is 10.3. The number of hydrogen-bond acceptors (Lipinski definition) is 5. The lowest BCUT2D eigenvalue weighted by molar-refractivity contribution is -0.144. The summed E-state index contributed by atoms with van der Waals surface area (Å²) in [6.45, 7) is 1.58. The molecule has 2 heterocycles. The van der Waals surface area contributed by atoms with Crippen LogP contribution >= 0.6 is 0 Å². The molecule has 2 saturated heterocycles. The predicted molar refractivity (Wildman–Crippen MR) is 61.5 cm³/mol. The van der Waals surface area contributed by atoms with Crippen LogP contribution in [-0.4, -0.2) is 44.7 Å². The normalized spacial score (nSPS) is 33.6. The van der Waals surface area contributed by atoms with Gasteiger partial charge in [-0.1, -0.05) is 6.42 Å². The van der Waals surface area contributed by atoms with Crippen molar-refractivity contribution in [2.24, 2.45) is 0 Å². The van der Waals surface area contributed by atoms with Gasteiger partial charge in [0.2, 0.25) is 0 Å². The molecule has 1 N–H and O–H groups in total. The van der Waals surface area contributed by atoms with Crippen LogP contribution in [0.4, 0.5) is 0 Å². The first-order valence-electron chi connectivity index (χ1n) is 6.35. The lowest BCUT2D eigenvalue weighted by atomic mass is 10.0. The molecule has 5 heteroatoms. The first-order chi connectivity index (χ1) is 8.28. The second kappa shape index (κ2) is 6.33. The molecule has 3 unspecified atom stereocenters. The van der Waals surface area contributed by atoms with Gasteiger partial charge in [0.25, 0.3) is 0 Å². The summed E-state index contributed by atoms with van der Waals surface area (Å²) in [6.07, 6.45) is 4.56. The van der Waals surface area contributed by atoms with Gasteiger partial charge in [-0.3, -0.25) is 4.79 Å². The summed E-state index contributed by atoms with van der Waals surface area (Å²) in [4.78, 5) is 11.1. The standard InChI is InChI=1S/C12H21NO4/c1-15-11(14)7-10-8-16-12(17-10)6-9-4-2-3-5-13-9/h9-10,12-13H,2-8H2,1H3. The average Bonchev–Trinajstić information content (AvgIpc) is 2.77. The Morgan fingerprint density at radius 2 is 2.35 bits per heavy atom. The minimum atomic E-state index is -0.241. The first kappa shape index (κ1) is 12.8. The van der Waals surface area contributed by atoms with E-state index in [1.54, 1.807) is 0 Å². The van der Waals surface area contributed by atoms with Gasteiger partial charge in [-0.05, 0) is 19.4 Å². The molecule has 0 saturated carbocycles. The number of methoxy groups -OCH3 is 1. The molecular formula is C12H21NO4. The van der Waals surface area contributed by atoms with Crippen LogP contribution in [0.15, 0.2) is 0 Å². The highest BCUT2D eigenvalue weighted by atomic mass is 16.7. The summed E-state index contributed by atoms with van der Waals surface area (Å²) in [5.74, 6) is -0.241. The predicted octanol–water partition coefficient (Wildman–Crippen LogP) is 0.823. The SMILES string of the molecule is COC(=O)CC1COC(CC2CCCCN2)O1. The van der Waals surface area contributed by atoms with Crippen molar-refractivity contribution >= 4 is 5.97 Å². The van der Waals surface area contributed by atoms with Gasteiger partial charge in [0.05, 0.1) is 26.2 Å². The fourth-order valence-electron chi connectivity index (χ4n) is 2.37. The topological polar surface area (TPSA) is 56.8 Å². The van der Waals surface area contributed by atoms with Crippen molar-refractivity contribution in [2.45, 2.75) is 50.5 Å². The van der Waals surface area contributed by atoms with E-state index in [4.69, 9.17) is 9.47 Å². The van der Waals surface area contributed by atoms with E-state index in [9.17, 15) is 4.79 Å². The third kappa shape index (κ3) is 3.94. The maximum absolute atomic E-state index is 11.1. The molecule has 2 aliphatic rings. The average molecular weight is 243 g/mol. The number of hydrogen-bond donors (Lipinski definition) is 1. The van der Waals surface area contributed by atoms with E-state index in [2.05, 4.69) is 10.1 Å². The minimum Gasteiger partial charge on any atom is -0.469 e. The van der Waals surface area contributed by atoms with Crippen molar-refractivity contribution in [1.29, 1.82) is 0 Å². The fraction of sp³-hybridized carbons (Fsp3) is 0.917. The van der Waals surface area contributed by atoms with E-state index in [1.165, 1.54) is 26.4 Å². The number of ether oxygens (including phenoxy) is 3. The number of carbonyl (C=O) groups is 1. The van der Waals surface area contributed by atoms with E-state index < -0.39 is 0 Å². The van der Waals surface area contributed by atoms with E-state index >= 15 is 0 Å². The molecule has 0 radical (unpaired) electrons. The third-order valence-electron chi connectivity index (χ3n) is 3.32. The molecule has 0 aromatic heterocycles. The highest BCUT2D eigenvalue weighted by Gasteiger charge is 2.30. The molecule has 0 aromatic rings. The molecule has 0 amide bonds. The molecule has 0 aliphatic carbocycles. The van der Waals surface area contributed by atoms with Gasteiger partial charge >= 0.3 is 5.97 Å². The number of nitrogens with one attached hydrogen (secondary N) is 1. The summed E-state index contributed by atoms with van der Waals surface area (Å²) < 4.78 is 15.8. The van der Waals surface area contributed by atoms with E-state index in [-0.39, 0.29) is 24.8 Å². The van der Waals surface area contributed by atoms with Crippen LogP contribution in [0.3, 0.4) is 0 Å². The lowest BCUT2D eigenvalue weighted by Gasteiger charge is -2.25. The molecule has 0 aromatic carbocycles. The molecule has 0 spiro atoms. The molecule has 2 rings (SSSR count). The highest BCUT2D eigenvalue weighted by molar-refractivity contribution is 5.69. The van der Waals surface area contributed by atoms with Crippen molar-refractivity contribution in [3.63, 3.8) is 0 Å². The number of rotatable bonds is 4. The van der Waals surface area contributed by atoms with Gasteiger partial charge in [0.1, 0.15) is 0 Å². The van der Waals surface area contributed by atoms with Gasteiger partial charge < -0.3 is 19.5 Å². The summed E-state index contributed by atoms with van der Waals surface area (Å²) in [5, 5.41) is 3.46. The Hall–Kier alpha value is -0.650. The van der Waals surface area contributed by atoms with Crippen molar-refractivity contribution in [2.75, 3.05) is 20.3 Å². The van der Waals surface area contributed by atoms with Gasteiger partial charge in [-0.15, -0.1) is 0 Å². The van der Waals surface area contributed by atoms with E-state index in [0.717, 1.165) is 13.0 Å². The Bertz CT molecular complexity index is 253. The first-order valence-corrected chi connectivity index (χ1v) is 6.35. The second-order valence-corrected chi connectivity index (χ2v) is 4.68. The van der Waals surface area contributed by atoms with Crippen LogP contribution in [0.5, 0.6) is 0 Å². The Labute approximate surface area is 102 Å². The van der Waals surface area contributed by atoms with Crippen LogP contribution in [0.2, 0.25) is 0 Å². The van der Waals surface area contributed by atoms with Gasteiger partial charge in [0.15, 0.2) is 6.29 Å². The zero-order valence-corrected chi connectivity index (χ0v) is 10.3. The summed E-state index contributed by atoms with van der Waals surface area (Å²) in [6, 6.07) is 0.491. The summed E-state index contributed by atoms with van der Waals surface area (Å²) >= 11 is 0. The van der Waals surface area contributed by atoms with Crippen LogP contribution in [0.25, 0.3) is 0 Å². The maximum atomic E-state index is 11.1. The third-order valence-corrected chi connectivity index (χ3v) is 3.32. The van der Waals surface area contributed by atoms with Gasteiger partial charge in [-0.25, -0.2) is 0 Å². The van der Waals surface area contributed by atoms with E-state index in [0.29, 0.717) is 12.6 Å². The molecule has 0 bridgehead atoms. The van der Waals surface area contributed by atoms with Gasteiger partial charge in [0, 0.05) is 12.5 Å². The van der Waals surface area contributed by atoms with Crippen LogP contribution < -0.4 is 5.32 Å². The molecule has 2 aliphatic heterocycles. The van der Waals surface area contributed by atoms with Crippen LogP contribution in [-0.2, 0) is 19.0 Å². The highest BCUT2D eigenvalue weighted by Crippen LogP contribution is 2.21. The largest absolute Gasteiger partial charge is 0.469 e.